The summed E-state index contributed by atoms with van der Waals surface area (Å²) in [6.45, 7) is 5.65. The molecule has 1 amide bonds. The van der Waals surface area contributed by atoms with E-state index in [-0.39, 0.29) is 11.6 Å². The van der Waals surface area contributed by atoms with E-state index in [1.165, 1.54) is 6.07 Å². The van der Waals surface area contributed by atoms with Crippen molar-refractivity contribution < 1.29 is 13.6 Å². The third-order valence-corrected chi connectivity index (χ3v) is 5.32. The van der Waals surface area contributed by atoms with Gasteiger partial charge in [0, 0.05) is 51.2 Å². The zero-order chi connectivity index (χ0) is 20.4. The molecule has 1 atom stereocenters. The Labute approximate surface area is 167 Å². The number of nitrogens with zero attached hydrogens (tertiary/aromatic N) is 4. The van der Waals surface area contributed by atoms with Gasteiger partial charge in [-0.2, -0.15) is 0 Å². The summed E-state index contributed by atoms with van der Waals surface area (Å²) >= 11 is 0. The molecule has 0 saturated carbocycles. The smallest absolute Gasteiger partial charge is 0.241 e. The van der Waals surface area contributed by atoms with E-state index in [0.717, 1.165) is 56.2 Å². The molecule has 29 heavy (non-hydrogen) atoms. The van der Waals surface area contributed by atoms with Gasteiger partial charge in [-0.15, -0.1) is 0 Å². The van der Waals surface area contributed by atoms with Crippen LogP contribution in [0, 0.1) is 11.6 Å². The summed E-state index contributed by atoms with van der Waals surface area (Å²) in [5.74, 6) is -1.75. The minimum absolute atomic E-state index is 0.00580. The molecular formula is C21H23F2N5O. The van der Waals surface area contributed by atoms with E-state index in [0.29, 0.717) is 0 Å². The predicted octanol–water partition coefficient (Wildman–Crippen LogP) is 2.76. The van der Waals surface area contributed by atoms with Crippen molar-refractivity contribution in [1.82, 2.24) is 19.2 Å². The van der Waals surface area contributed by atoms with Crippen LogP contribution >= 0.6 is 0 Å². The molecule has 0 aliphatic carbocycles. The van der Waals surface area contributed by atoms with Gasteiger partial charge in [0.1, 0.15) is 17.3 Å². The van der Waals surface area contributed by atoms with Crippen molar-refractivity contribution in [2.45, 2.75) is 19.5 Å². The summed E-state index contributed by atoms with van der Waals surface area (Å²) in [5, 5.41) is 2.55. The van der Waals surface area contributed by atoms with Gasteiger partial charge in [0.2, 0.25) is 5.91 Å². The van der Waals surface area contributed by atoms with Crippen LogP contribution in [0.4, 0.5) is 14.5 Å². The first-order chi connectivity index (χ1) is 14.0. The largest absolute Gasteiger partial charge is 0.322 e. The molecule has 1 N–H and O–H groups in total. The Kier molecular flexibility index (Phi) is 5.55. The second kappa shape index (κ2) is 8.26. The van der Waals surface area contributed by atoms with Crippen molar-refractivity contribution in [1.29, 1.82) is 0 Å². The Morgan fingerprint density at radius 2 is 1.97 bits per heavy atom. The van der Waals surface area contributed by atoms with Crippen molar-refractivity contribution >= 4 is 17.2 Å². The third kappa shape index (κ3) is 4.44. The lowest BCUT2D eigenvalue weighted by Gasteiger charge is -2.37. The number of nitrogens with one attached hydrogen (secondary N) is 1. The van der Waals surface area contributed by atoms with Crippen LogP contribution < -0.4 is 5.32 Å². The van der Waals surface area contributed by atoms with Crippen LogP contribution in [0.25, 0.3) is 5.65 Å². The van der Waals surface area contributed by atoms with E-state index in [1.807, 2.05) is 35.0 Å². The van der Waals surface area contributed by atoms with E-state index in [9.17, 15) is 13.6 Å². The van der Waals surface area contributed by atoms with Crippen molar-refractivity contribution in [3.63, 3.8) is 0 Å². The molecule has 1 saturated heterocycles. The minimum atomic E-state index is -0.775. The second-order valence-electron chi connectivity index (χ2n) is 7.30. The number of fused-ring (bicyclic) bond motifs is 1. The number of anilines is 1. The number of aromatic nitrogens is 2. The minimum Gasteiger partial charge on any atom is -0.322 e. The van der Waals surface area contributed by atoms with Crippen molar-refractivity contribution in [3.8, 4) is 0 Å². The number of benzene rings is 1. The van der Waals surface area contributed by atoms with Crippen LogP contribution in [0.5, 0.6) is 0 Å². The number of pyridine rings is 1. The maximum atomic E-state index is 13.8. The Morgan fingerprint density at radius 3 is 2.69 bits per heavy atom. The summed E-state index contributed by atoms with van der Waals surface area (Å²) in [6.07, 6.45) is 4.02. The number of imidazole rings is 1. The number of amides is 1. The Bertz CT molecular complexity index is 980. The number of carbonyl (C=O) groups is 1. The van der Waals surface area contributed by atoms with Gasteiger partial charge in [-0.25, -0.2) is 13.8 Å². The van der Waals surface area contributed by atoms with Gasteiger partial charge in [-0.3, -0.25) is 14.6 Å². The summed E-state index contributed by atoms with van der Waals surface area (Å²) in [4.78, 5) is 21.5. The standard InChI is InChI=1S/C21H23F2N5O/c1-15(21(29)25-19-6-5-16(22)12-18(19)23)27-10-8-26(9-11-27)13-17-14-28-7-3-2-4-20(28)24-17/h2-7,12,14-15H,8-11,13H2,1H3,(H,25,29). The molecule has 6 nitrogen and oxygen atoms in total. The molecule has 3 heterocycles. The summed E-state index contributed by atoms with van der Waals surface area (Å²) < 4.78 is 28.8. The highest BCUT2D eigenvalue weighted by Crippen LogP contribution is 2.17. The highest BCUT2D eigenvalue weighted by molar-refractivity contribution is 5.94. The number of piperazine rings is 1. The maximum Gasteiger partial charge on any atom is 0.241 e. The summed E-state index contributed by atoms with van der Waals surface area (Å²) in [7, 11) is 0. The fourth-order valence-corrected chi connectivity index (χ4v) is 3.60. The predicted molar refractivity (Wildman–Crippen MR) is 106 cm³/mol. The average Bonchev–Trinajstić information content (AvgIpc) is 3.12. The SMILES string of the molecule is CC(C(=O)Nc1ccc(F)cc1F)N1CCN(Cc2cn3ccccc3n2)CC1. The van der Waals surface area contributed by atoms with Gasteiger partial charge in [0.25, 0.3) is 0 Å². The van der Waals surface area contributed by atoms with Crippen LogP contribution in [-0.2, 0) is 11.3 Å². The number of rotatable bonds is 5. The van der Waals surface area contributed by atoms with Crippen molar-refractivity contribution in [2.24, 2.45) is 0 Å². The topological polar surface area (TPSA) is 52.9 Å². The van der Waals surface area contributed by atoms with Gasteiger partial charge in [-0.1, -0.05) is 6.07 Å². The number of hydrogen-bond donors (Lipinski definition) is 1. The van der Waals surface area contributed by atoms with Gasteiger partial charge in [0.05, 0.1) is 17.4 Å². The highest BCUT2D eigenvalue weighted by Gasteiger charge is 2.26. The molecule has 2 aromatic heterocycles. The fourth-order valence-electron chi connectivity index (χ4n) is 3.60. The van der Waals surface area contributed by atoms with E-state index in [4.69, 9.17) is 0 Å². The lowest BCUT2D eigenvalue weighted by atomic mass is 10.2. The normalized spacial score (nSPS) is 16.8. The molecule has 4 rings (SSSR count). The molecule has 1 aliphatic heterocycles. The van der Waals surface area contributed by atoms with E-state index >= 15 is 0 Å². The number of hydrogen-bond acceptors (Lipinski definition) is 4. The molecule has 3 aromatic rings. The van der Waals surface area contributed by atoms with E-state index < -0.39 is 17.7 Å². The molecule has 0 spiro atoms. The Morgan fingerprint density at radius 1 is 1.17 bits per heavy atom. The lowest BCUT2D eigenvalue weighted by Crippen LogP contribution is -2.52. The Hall–Kier alpha value is -2.84. The van der Waals surface area contributed by atoms with Crippen LogP contribution in [-0.4, -0.2) is 57.3 Å². The van der Waals surface area contributed by atoms with Crippen molar-refractivity contribution in [2.75, 3.05) is 31.5 Å². The highest BCUT2D eigenvalue weighted by atomic mass is 19.1. The average molecular weight is 399 g/mol. The molecule has 1 aliphatic rings. The quantitative estimate of drug-likeness (QED) is 0.717. The van der Waals surface area contributed by atoms with E-state index in [1.54, 1.807) is 6.92 Å². The second-order valence-corrected chi connectivity index (χ2v) is 7.30. The van der Waals surface area contributed by atoms with Gasteiger partial charge in [0.15, 0.2) is 0 Å². The molecule has 8 heteroatoms. The Balaban J connectivity index is 1.30. The van der Waals surface area contributed by atoms with Crippen LogP contribution in [0.3, 0.4) is 0 Å². The first kappa shape index (κ1) is 19.5. The lowest BCUT2D eigenvalue weighted by molar-refractivity contribution is -0.121. The van der Waals surface area contributed by atoms with Gasteiger partial charge >= 0.3 is 0 Å². The zero-order valence-corrected chi connectivity index (χ0v) is 16.2. The first-order valence-corrected chi connectivity index (χ1v) is 9.64. The molecule has 152 valence electrons. The van der Waals surface area contributed by atoms with Crippen LogP contribution in [0.2, 0.25) is 0 Å². The van der Waals surface area contributed by atoms with Crippen LogP contribution in [0.15, 0.2) is 48.8 Å². The molecular weight excluding hydrogens is 376 g/mol. The van der Waals surface area contributed by atoms with Crippen LogP contribution in [0.1, 0.15) is 12.6 Å². The molecule has 0 radical (unpaired) electrons. The third-order valence-electron chi connectivity index (χ3n) is 5.32. The van der Waals surface area contributed by atoms with E-state index in [2.05, 4.69) is 20.1 Å². The maximum absolute atomic E-state index is 13.8. The first-order valence-electron chi connectivity index (χ1n) is 9.64. The summed E-state index contributed by atoms with van der Waals surface area (Å²) in [6, 6.07) is 8.64. The molecule has 1 unspecified atom stereocenters. The van der Waals surface area contributed by atoms with Gasteiger partial charge < -0.3 is 9.72 Å². The fraction of sp³-hybridized carbons (Fsp3) is 0.333. The number of halogens is 2. The zero-order valence-electron chi connectivity index (χ0n) is 16.2. The molecule has 1 fully saturated rings. The monoisotopic (exact) mass is 399 g/mol. The summed E-state index contributed by atoms with van der Waals surface area (Å²) in [5.41, 5.74) is 1.94. The van der Waals surface area contributed by atoms with Gasteiger partial charge in [-0.05, 0) is 31.2 Å². The van der Waals surface area contributed by atoms with Crippen molar-refractivity contribution in [3.05, 3.63) is 66.1 Å². The molecule has 1 aromatic carbocycles. The molecule has 0 bridgehead atoms. The number of carbonyl (C=O) groups excluding carboxylic acids is 1.